The second-order valence-corrected chi connectivity index (χ2v) is 9.19. The summed E-state index contributed by atoms with van der Waals surface area (Å²) in [5.41, 5.74) is 0.986. The van der Waals surface area contributed by atoms with Gasteiger partial charge in [0.1, 0.15) is 5.82 Å². The lowest BCUT2D eigenvalue weighted by molar-refractivity contribution is -0.138. The fourth-order valence-electron chi connectivity index (χ4n) is 5.57. The highest BCUT2D eigenvalue weighted by molar-refractivity contribution is 5.89. The zero-order valence-electron chi connectivity index (χ0n) is 18.3. The number of nitrogens with zero attached hydrogens (tertiary/aromatic N) is 2. The van der Waals surface area contributed by atoms with Crippen molar-refractivity contribution in [1.29, 1.82) is 0 Å². The first-order valence-corrected chi connectivity index (χ1v) is 11.6. The van der Waals surface area contributed by atoms with Crippen LogP contribution < -0.4 is 0 Å². The Bertz CT molecular complexity index is 1100. The molecule has 1 amide bonds. The zero-order valence-corrected chi connectivity index (χ0v) is 18.3. The third-order valence-corrected chi connectivity index (χ3v) is 7.14. The highest BCUT2D eigenvalue weighted by atomic mass is 19.1. The molecule has 2 heterocycles. The number of carbonyl (C=O) groups is 1. The summed E-state index contributed by atoms with van der Waals surface area (Å²) in [6.07, 6.45) is 7.94. The van der Waals surface area contributed by atoms with Crippen molar-refractivity contribution in [1.82, 2.24) is 9.88 Å². The van der Waals surface area contributed by atoms with Gasteiger partial charge in [0.05, 0.1) is 18.6 Å². The Morgan fingerprint density at radius 3 is 2.72 bits per heavy atom. The molecular weight excluding hydrogens is 403 g/mol. The van der Waals surface area contributed by atoms with Crippen LogP contribution in [-0.4, -0.2) is 42.1 Å². The summed E-state index contributed by atoms with van der Waals surface area (Å²) in [6.45, 7) is 2.31. The minimum absolute atomic E-state index is 0.0617. The number of hydrogen-bond acceptors (Lipinski definition) is 3. The second-order valence-electron chi connectivity index (χ2n) is 9.19. The number of carbonyl (C=O) groups excluding carboxylic acids is 1. The molecule has 166 valence electrons. The predicted molar refractivity (Wildman–Crippen MR) is 123 cm³/mol. The average Bonchev–Trinajstić information content (AvgIpc) is 3.20. The zero-order chi connectivity index (χ0) is 22.0. The summed E-state index contributed by atoms with van der Waals surface area (Å²) in [4.78, 5) is 20.3. The third kappa shape index (κ3) is 3.90. The molecule has 0 spiro atoms. The fraction of sp³-hybridized carbons (Fsp3) is 0.407. The molecule has 5 rings (SSSR count). The fourth-order valence-corrected chi connectivity index (χ4v) is 5.57. The molecule has 0 radical (unpaired) electrons. The number of benzene rings is 2. The molecule has 5 heteroatoms. The van der Waals surface area contributed by atoms with Gasteiger partial charge in [0.15, 0.2) is 0 Å². The Kier molecular flexibility index (Phi) is 5.92. The van der Waals surface area contributed by atoms with Crippen LogP contribution in [0.25, 0.3) is 10.8 Å². The largest absolute Gasteiger partial charge is 0.379 e. The maximum absolute atomic E-state index is 14.8. The SMILES string of the molecule is O=C(N1CCOCC(Cc2cncc3ccccc23)C1)C1(c2ccccc2F)CCCC1. The first-order chi connectivity index (χ1) is 15.7. The van der Waals surface area contributed by atoms with Gasteiger partial charge in [-0.2, -0.15) is 0 Å². The van der Waals surface area contributed by atoms with E-state index in [1.54, 1.807) is 12.1 Å². The van der Waals surface area contributed by atoms with Crippen molar-refractivity contribution in [2.24, 2.45) is 5.92 Å². The smallest absolute Gasteiger partial charge is 0.233 e. The topological polar surface area (TPSA) is 42.4 Å². The van der Waals surface area contributed by atoms with Gasteiger partial charge in [0, 0.05) is 42.4 Å². The van der Waals surface area contributed by atoms with Crippen molar-refractivity contribution in [3.05, 3.63) is 77.9 Å². The van der Waals surface area contributed by atoms with Crippen molar-refractivity contribution >= 4 is 16.7 Å². The Balaban J connectivity index is 1.41. The van der Waals surface area contributed by atoms with Crippen molar-refractivity contribution in [3.63, 3.8) is 0 Å². The molecule has 1 aliphatic carbocycles. The van der Waals surface area contributed by atoms with E-state index in [1.807, 2.05) is 35.5 Å². The molecule has 3 aromatic rings. The second kappa shape index (κ2) is 8.99. The third-order valence-electron chi connectivity index (χ3n) is 7.14. The summed E-state index contributed by atoms with van der Waals surface area (Å²) >= 11 is 0. The molecule has 32 heavy (non-hydrogen) atoms. The molecule has 1 aliphatic heterocycles. The number of ether oxygens (including phenoxy) is 1. The quantitative estimate of drug-likeness (QED) is 0.589. The molecular formula is C27H29FN2O2. The molecule has 2 aliphatic rings. The lowest BCUT2D eigenvalue weighted by Gasteiger charge is -2.35. The minimum atomic E-state index is -0.749. The van der Waals surface area contributed by atoms with E-state index in [0.29, 0.717) is 44.7 Å². The highest BCUT2D eigenvalue weighted by Crippen LogP contribution is 2.44. The van der Waals surface area contributed by atoms with E-state index in [9.17, 15) is 9.18 Å². The Labute approximate surface area is 188 Å². The lowest BCUT2D eigenvalue weighted by atomic mass is 9.77. The Hall–Kier alpha value is -2.79. The maximum Gasteiger partial charge on any atom is 0.233 e. The van der Waals surface area contributed by atoms with Crippen LogP contribution in [-0.2, 0) is 21.4 Å². The van der Waals surface area contributed by atoms with Gasteiger partial charge in [-0.25, -0.2) is 4.39 Å². The molecule has 0 bridgehead atoms. The lowest BCUT2D eigenvalue weighted by Crippen LogP contribution is -2.48. The number of fused-ring (bicyclic) bond motifs is 1. The number of pyridine rings is 1. The number of rotatable bonds is 4. The molecule has 0 N–H and O–H groups in total. The van der Waals surface area contributed by atoms with E-state index in [0.717, 1.165) is 24.6 Å². The van der Waals surface area contributed by atoms with E-state index in [2.05, 4.69) is 17.1 Å². The normalized spacial score (nSPS) is 20.9. The molecule has 1 unspecified atom stereocenters. The van der Waals surface area contributed by atoms with Crippen LogP contribution in [0.2, 0.25) is 0 Å². The van der Waals surface area contributed by atoms with Crippen molar-refractivity contribution in [2.45, 2.75) is 37.5 Å². The molecule has 1 saturated heterocycles. The monoisotopic (exact) mass is 432 g/mol. The molecule has 2 aromatic carbocycles. The van der Waals surface area contributed by atoms with E-state index < -0.39 is 5.41 Å². The van der Waals surface area contributed by atoms with Crippen LogP contribution in [0.5, 0.6) is 0 Å². The Morgan fingerprint density at radius 2 is 1.88 bits per heavy atom. The number of amides is 1. The van der Waals surface area contributed by atoms with E-state index in [1.165, 1.54) is 17.0 Å². The molecule has 2 fully saturated rings. The van der Waals surface area contributed by atoms with Crippen LogP contribution in [0.1, 0.15) is 36.8 Å². The maximum atomic E-state index is 14.8. The van der Waals surface area contributed by atoms with Crippen LogP contribution in [0.4, 0.5) is 4.39 Å². The first kappa shape index (κ1) is 21.1. The number of halogens is 1. The van der Waals surface area contributed by atoms with Crippen LogP contribution >= 0.6 is 0 Å². The van der Waals surface area contributed by atoms with Gasteiger partial charge in [-0.05, 0) is 36.3 Å². The van der Waals surface area contributed by atoms with Gasteiger partial charge in [0.25, 0.3) is 0 Å². The van der Waals surface area contributed by atoms with Gasteiger partial charge < -0.3 is 9.64 Å². The van der Waals surface area contributed by atoms with Crippen molar-refractivity contribution in [3.8, 4) is 0 Å². The average molecular weight is 433 g/mol. The predicted octanol–water partition coefficient (Wildman–Crippen LogP) is 4.90. The molecule has 4 nitrogen and oxygen atoms in total. The van der Waals surface area contributed by atoms with Gasteiger partial charge in [-0.3, -0.25) is 9.78 Å². The number of aromatic nitrogens is 1. The van der Waals surface area contributed by atoms with Gasteiger partial charge in [-0.1, -0.05) is 55.3 Å². The summed E-state index contributed by atoms with van der Waals surface area (Å²) in [7, 11) is 0. The van der Waals surface area contributed by atoms with Crippen LogP contribution in [0.15, 0.2) is 60.9 Å². The van der Waals surface area contributed by atoms with Crippen LogP contribution in [0.3, 0.4) is 0 Å². The Morgan fingerprint density at radius 1 is 1.09 bits per heavy atom. The summed E-state index contributed by atoms with van der Waals surface area (Å²) in [6, 6.07) is 15.1. The molecule has 1 aromatic heterocycles. The molecule has 1 saturated carbocycles. The summed E-state index contributed by atoms with van der Waals surface area (Å²) in [5.74, 6) is -0.0352. The molecule has 1 atom stereocenters. The van der Waals surface area contributed by atoms with Gasteiger partial charge in [-0.15, -0.1) is 0 Å². The van der Waals surface area contributed by atoms with Crippen molar-refractivity contribution < 1.29 is 13.9 Å². The van der Waals surface area contributed by atoms with Crippen molar-refractivity contribution in [2.75, 3.05) is 26.3 Å². The van der Waals surface area contributed by atoms with E-state index in [4.69, 9.17) is 4.74 Å². The van der Waals surface area contributed by atoms with Crippen LogP contribution in [0, 0.1) is 11.7 Å². The number of hydrogen-bond donors (Lipinski definition) is 0. The van der Waals surface area contributed by atoms with E-state index >= 15 is 0 Å². The standard InChI is InChI=1S/C27H29FN2O2/c28-25-10-4-3-9-24(25)27(11-5-6-12-27)26(31)30-13-14-32-19-20(18-30)15-22-17-29-16-21-7-1-2-8-23(21)22/h1-4,7-10,16-17,20H,5-6,11-15,18-19H2. The summed E-state index contributed by atoms with van der Waals surface area (Å²) in [5, 5.41) is 2.32. The highest BCUT2D eigenvalue weighted by Gasteiger charge is 2.46. The van der Waals surface area contributed by atoms with Gasteiger partial charge in [0.2, 0.25) is 5.91 Å². The van der Waals surface area contributed by atoms with Gasteiger partial charge >= 0.3 is 0 Å². The van der Waals surface area contributed by atoms with E-state index in [-0.39, 0.29) is 17.6 Å². The summed E-state index contributed by atoms with van der Waals surface area (Å²) < 4.78 is 20.7. The first-order valence-electron chi connectivity index (χ1n) is 11.6. The minimum Gasteiger partial charge on any atom is -0.379 e.